The predicted molar refractivity (Wildman–Crippen MR) is 82.5 cm³/mol. The van der Waals surface area contributed by atoms with Crippen LogP contribution in [0.1, 0.15) is 18.4 Å². The number of hydrogen-bond acceptors (Lipinski definition) is 4. The van der Waals surface area contributed by atoms with E-state index in [0.29, 0.717) is 31.0 Å². The lowest BCUT2D eigenvalue weighted by Crippen LogP contribution is -2.57. The second kappa shape index (κ2) is 6.80. The van der Waals surface area contributed by atoms with Gasteiger partial charge in [0.15, 0.2) is 0 Å². The van der Waals surface area contributed by atoms with E-state index in [0.717, 1.165) is 11.8 Å². The monoisotopic (exact) mass is 347 g/mol. The van der Waals surface area contributed by atoms with Crippen molar-refractivity contribution in [2.45, 2.75) is 31.3 Å². The van der Waals surface area contributed by atoms with Gasteiger partial charge in [0.25, 0.3) is 0 Å². The van der Waals surface area contributed by atoms with Crippen LogP contribution in [0.2, 0.25) is 5.15 Å². The Hall–Kier alpha value is -1.38. The van der Waals surface area contributed by atoms with E-state index in [1.54, 1.807) is 18.3 Å². The number of pyridine rings is 1. The number of amides is 1. The van der Waals surface area contributed by atoms with Gasteiger partial charge in [-0.1, -0.05) is 17.7 Å². The molecule has 0 saturated carbocycles. The van der Waals surface area contributed by atoms with Gasteiger partial charge in [-0.05, 0) is 30.9 Å². The second-order valence-electron chi connectivity index (χ2n) is 5.38. The molecule has 1 fully saturated rings. The average molecular weight is 348 g/mol. The van der Waals surface area contributed by atoms with Crippen molar-refractivity contribution >= 4 is 27.7 Å². The molecule has 1 amide bonds. The largest absolute Gasteiger partial charge is 0.465 e. The average Bonchev–Trinajstić information content (AvgIpc) is 2.41. The van der Waals surface area contributed by atoms with Gasteiger partial charge in [-0.3, -0.25) is 0 Å². The van der Waals surface area contributed by atoms with Crippen LogP contribution in [0.25, 0.3) is 0 Å². The maximum atomic E-state index is 11.5. The normalized spacial score (nSPS) is 22.5. The lowest BCUT2D eigenvalue weighted by molar-refractivity contribution is 0.0942. The third kappa shape index (κ3) is 4.56. The summed E-state index contributed by atoms with van der Waals surface area (Å²) in [6.07, 6.45) is 3.20. The summed E-state index contributed by atoms with van der Waals surface area (Å²) < 4.78 is 25.6. The van der Waals surface area contributed by atoms with E-state index in [-0.39, 0.29) is 0 Å². The van der Waals surface area contributed by atoms with Crippen LogP contribution >= 0.6 is 11.6 Å². The molecule has 0 radical (unpaired) electrons. The van der Waals surface area contributed by atoms with Crippen LogP contribution in [-0.2, 0) is 16.4 Å². The van der Waals surface area contributed by atoms with Crippen molar-refractivity contribution < 1.29 is 18.3 Å². The van der Waals surface area contributed by atoms with Gasteiger partial charge < -0.3 is 10.0 Å². The minimum atomic E-state index is -3.41. The van der Waals surface area contributed by atoms with Gasteiger partial charge in [0.1, 0.15) is 5.15 Å². The summed E-state index contributed by atoms with van der Waals surface area (Å²) in [5, 5.41) is 9.71. The Balaban J connectivity index is 2.24. The predicted octanol–water partition coefficient (Wildman–Crippen LogP) is 1.34. The first-order valence-electron chi connectivity index (χ1n) is 6.83. The summed E-state index contributed by atoms with van der Waals surface area (Å²) >= 11 is 5.74. The number of hydrogen-bond donors (Lipinski definition) is 2. The van der Waals surface area contributed by atoms with E-state index in [2.05, 4.69) is 9.71 Å². The Bertz CT molecular complexity index is 635. The molecule has 0 aromatic carbocycles. The molecule has 22 heavy (non-hydrogen) atoms. The molecule has 0 aliphatic carbocycles. The number of rotatable bonds is 4. The van der Waals surface area contributed by atoms with Crippen LogP contribution in [0.5, 0.6) is 0 Å². The van der Waals surface area contributed by atoms with E-state index < -0.39 is 28.2 Å². The molecule has 2 heterocycles. The number of nitrogens with one attached hydrogen (secondary N) is 1. The number of sulfonamides is 1. The molecule has 1 saturated heterocycles. The lowest BCUT2D eigenvalue weighted by atomic mass is 9.92. The highest BCUT2D eigenvalue weighted by Crippen LogP contribution is 2.22. The highest BCUT2D eigenvalue weighted by Gasteiger charge is 2.35. The molecule has 1 aromatic heterocycles. The molecule has 9 heteroatoms. The Labute approximate surface area is 134 Å². The van der Waals surface area contributed by atoms with Crippen LogP contribution in [0, 0.1) is 0 Å². The maximum absolute atomic E-state index is 11.5. The molecule has 0 bridgehead atoms. The highest BCUT2D eigenvalue weighted by atomic mass is 35.5. The van der Waals surface area contributed by atoms with Gasteiger partial charge in [0.2, 0.25) is 10.0 Å². The molecule has 1 aliphatic heterocycles. The minimum absolute atomic E-state index is 0.355. The van der Waals surface area contributed by atoms with E-state index in [4.69, 9.17) is 11.6 Å². The zero-order valence-corrected chi connectivity index (χ0v) is 13.6. The number of carboxylic acid groups (broad SMARTS) is 1. The van der Waals surface area contributed by atoms with E-state index in [1.165, 1.54) is 4.90 Å². The fourth-order valence-electron chi connectivity index (χ4n) is 2.73. The first-order chi connectivity index (χ1) is 10.3. The van der Waals surface area contributed by atoms with E-state index in [1.807, 2.05) is 0 Å². The Morgan fingerprint density at radius 3 is 2.82 bits per heavy atom. The number of nitrogens with zero attached hydrogens (tertiary/aromatic N) is 2. The molecule has 0 unspecified atom stereocenters. The summed E-state index contributed by atoms with van der Waals surface area (Å²) in [5.74, 6) is 0. The van der Waals surface area contributed by atoms with Crippen molar-refractivity contribution in [2.24, 2.45) is 0 Å². The van der Waals surface area contributed by atoms with Crippen molar-refractivity contribution in [3.8, 4) is 0 Å². The van der Waals surface area contributed by atoms with Crippen molar-refractivity contribution in [3.05, 3.63) is 29.0 Å². The minimum Gasteiger partial charge on any atom is -0.465 e. The van der Waals surface area contributed by atoms with E-state index in [9.17, 15) is 18.3 Å². The fraction of sp³-hybridized carbons (Fsp3) is 0.538. The van der Waals surface area contributed by atoms with Crippen LogP contribution in [-0.4, -0.2) is 54.4 Å². The van der Waals surface area contributed by atoms with Crippen molar-refractivity contribution in [1.29, 1.82) is 0 Å². The van der Waals surface area contributed by atoms with Gasteiger partial charge in [-0.25, -0.2) is 22.9 Å². The highest BCUT2D eigenvalue weighted by molar-refractivity contribution is 7.88. The van der Waals surface area contributed by atoms with Crippen LogP contribution in [0.15, 0.2) is 18.3 Å². The van der Waals surface area contributed by atoms with Gasteiger partial charge in [-0.2, -0.15) is 0 Å². The van der Waals surface area contributed by atoms with Crippen LogP contribution in [0.4, 0.5) is 4.79 Å². The smallest absolute Gasteiger partial charge is 0.407 e. The van der Waals surface area contributed by atoms with Crippen molar-refractivity contribution in [2.75, 3.05) is 12.8 Å². The molecule has 2 N–H and O–H groups in total. The summed E-state index contributed by atoms with van der Waals surface area (Å²) in [4.78, 5) is 16.7. The molecule has 1 aliphatic rings. The Kier molecular flexibility index (Phi) is 5.25. The third-order valence-corrected chi connectivity index (χ3v) is 4.58. The number of aromatic nitrogens is 1. The molecule has 2 rings (SSSR count). The lowest BCUT2D eigenvalue weighted by Gasteiger charge is -2.39. The van der Waals surface area contributed by atoms with Gasteiger partial charge >= 0.3 is 6.09 Å². The quantitative estimate of drug-likeness (QED) is 0.800. The molecule has 122 valence electrons. The zero-order chi connectivity index (χ0) is 16.3. The molecule has 2 atom stereocenters. The van der Waals surface area contributed by atoms with Gasteiger partial charge in [-0.15, -0.1) is 0 Å². The molecule has 7 nitrogen and oxygen atoms in total. The third-order valence-electron chi connectivity index (χ3n) is 3.62. The number of piperidine rings is 1. The van der Waals surface area contributed by atoms with Crippen LogP contribution < -0.4 is 4.72 Å². The number of carbonyl (C=O) groups is 1. The Morgan fingerprint density at radius 2 is 2.27 bits per heavy atom. The summed E-state index contributed by atoms with van der Waals surface area (Å²) in [7, 11) is -3.41. The molecular formula is C13H18ClN3O4S. The second-order valence-corrected chi connectivity index (χ2v) is 7.54. The van der Waals surface area contributed by atoms with Crippen molar-refractivity contribution in [1.82, 2.24) is 14.6 Å². The van der Waals surface area contributed by atoms with E-state index >= 15 is 0 Å². The van der Waals surface area contributed by atoms with Gasteiger partial charge in [0.05, 0.1) is 12.3 Å². The number of likely N-dealkylation sites (tertiary alicyclic amines) is 1. The summed E-state index contributed by atoms with van der Waals surface area (Å²) in [5.41, 5.74) is 0.808. The maximum Gasteiger partial charge on any atom is 0.407 e. The van der Waals surface area contributed by atoms with Gasteiger partial charge in [0, 0.05) is 18.8 Å². The topological polar surface area (TPSA) is 99.6 Å². The van der Waals surface area contributed by atoms with Crippen LogP contribution in [0.3, 0.4) is 0 Å². The molecular weight excluding hydrogens is 330 g/mol. The Morgan fingerprint density at radius 1 is 1.55 bits per heavy atom. The zero-order valence-electron chi connectivity index (χ0n) is 12.1. The summed E-state index contributed by atoms with van der Waals surface area (Å²) in [6, 6.07) is 2.48. The SMILES string of the molecule is CS(=O)(=O)N[C@H]1CCCN(C(=O)O)[C@H]1Cc1ccc(Cl)nc1. The number of halogens is 1. The molecule has 0 spiro atoms. The standard InChI is InChI=1S/C13H18ClN3O4S/c1-22(20,21)16-10-3-2-6-17(13(18)19)11(10)7-9-4-5-12(14)15-8-9/h4-5,8,10-11,16H,2-3,6-7H2,1H3,(H,18,19)/t10-,11-/m0/s1. The molecule has 1 aromatic rings. The first-order valence-corrected chi connectivity index (χ1v) is 9.10. The van der Waals surface area contributed by atoms with Crippen molar-refractivity contribution in [3.63, 3.8) is 0 Å². The fourth-order valence-corrected chi connectivity index (χ4v) is 3.66. The summed E-state index contributed by atoms with van der Waals surface area (Å²) in [6.45, 7) is 0.392. The first kappa shape index (κ1) is 17.0.